The van der Waals surface area contributed by atoms with Crippen molar-refractivity contribution in [2.75, 3.05) is 47.4 Å². The van der Waals surface area contributed by atoms with Gasteiger partial charge in [-0.15, -0.1) is 5.11 Å². The molecule has 1 aromatic carbocycles. The van der Waals surface area contributed by atoms with Gasteiger partial charge < -0.3 is 19.7 Å². The molecule has 1 aromatic rings. The number of allylic oxidation sites excluding steroid dienone is 6. The maximum absolute atomic E-state index is 14.6. The summed E-state index contributed by atoms with van der Waals surface area (Å²) in [6, 6.07) is 5.66. The molecule has 4 rings (SSSR count). The number of piperidine rings is 1. The van der Waals surface area contributed by atoms with Crippen molar-refractivity contribution in [3.8, 4) is 5.75 Å². The molecule has 37 heavy (non-hydrogen) atoms. The molecule has 0 unspecified atom stereocenters. The summed E-state index contributed by atoms with van der Waals surface area (Å²) in [5, 5.41) is 12.8. The summed E-state index contributed by atoms with van der Waals surface area (Å²) in [4.78, 5) is 4.47. The van der Waals surface area contributed by atoms with Crippen LogP contribution in [-0.2, 0) is 11.3 Å². The Bertz CT molecular complexity index is 1100. The van der Waals surface area contributed by atoms with E-state index < -0.39 is 0 Å². The Morgan fingerprint density at radius 1 is 1.14 bits per heavy atom. The minimum Gasteiger partial charge on any atom is -0.497 e. The van der Waals surface area contributed by atoms with Crippen molar-refractivity contribution < 1.29 is 13.9 Å². The minimum atomic E-state index is -0.285. The van der Waals surface area contributed by atoms with Crippen molar-refractivity contribution in [1.29, 1.82) is 0 Å². The highest BCUT2D eigenvalue weighted by molar-refractivity contribution is 5.44. The zero-order valence-electron chi connectivity index (χ0n) is 22.6. The van der Waals surface area contributed by atoms with Crippen molar-refractivity contribution >= 4 is 0 Å². The summed E-state index contributed by atoms with van der Waals surface area (Å²) < 4.78 is 25.7. The van der Waals surface area contributed by atoms with Crippen LogP contribution in [0.25, 0.3) is 0 Å². The number of hydrogen-bond donors (Lipinski definition) is 1. The SMILES string of the molecule is CCC1=C2C=CC(OC)=CC(=C(NC3CCN(Cc4ccc(OCCCN(C)C)c(F)c4)CC3)N=N1)C2. The van der Waals surface area contributed by atoms with Gasteiger partial charge in [0.25, 0.3) is 0 Å². The van der Waals surface area contributed by atoms with E-state index in [1.807, 2.05) is 26.2 Å². The maximum Gasteiger partial charge on any atom is 0.165 e. The van der Waals surface area contributed by atoms with Crippen LogP contribution in [0.1, 0.15) is 44.6 Å². The Morgan fingerprint density at radius 3 is 2.65 bits per heavy atom. The van der Waals surface area contributed by atoms with Gasteiger partial charge in [-0.3, -0.25) is 4.90 Å². The van der Waals surface area contributed by atoms with E-state index in [9.17, 15) is 4.39 Å². The highest BCUT2D eigenvalue weighted by Gasteiger charge is 2.23. The Morgan fingerprint density at radius 2 is 1.95 bits per heavy atom. The number of fused-ring (bicyclic) bond motifs is 2. The van der Waals surface area contributed by atoms with E-state index in [1.54, 1.807) is 19.2 Å². The molecule has 2 heterocycles. The van der Waals surface area contributed by atoms with Gasteiger partial charge in [-0.25, -0.2) is 4.39 Å². The van der Waals surface area contributed by atoms with E-state index in [4.69, 9.17) is 9.47 Å². The van der Waals surface area contributed by atoms with Gasteiger partial charge in [-0.05, 0) is 75.2 Å². The van der Waals surface area contributed by atoms with Crippen LogP contribution in [0.15, 0.2) is 75.1 Å². The Hall–Kier alpha value is -2.97. The van der Waals surface area contributed by atoms with Crippen LogP contribution in [0.5, 0.6) is 5.75 Å². The molecule has 7 nitrogen and oxygen atoms in total. The molecule has 1 aliphatic carbocycles. The van der Waals surface area contributed by atoms with Gasteiger partial charge in [-0.1, -0.05) is 19.1 Å². The third-order valence-electron chi connectivity index (χ3n) is 7.00. The summed E-state index contributed by atoms with van der Waals surface area (Å²) in [6.07, 6.45) is 10.6. The van der Waals surface area contributed by atoms with E-state index in [0.717, 1.165) is 86.7 Å². The van der Waals surface area contributed by atoms with Gasteiger partial charge in [-0.2, -0.15) is 5.11 Å². The third kappa shape index (κ3) is 7.52. The predicted molar refractivity (Wildman–Crippen MR) is 145 cm³/mol. The fraction of sp³-hybridized carbons (Fsp3) is 0.517. The van der Waals surface area contributed by atoms with Crippen LogP contribution < -0.4 is 10.1 Å². The highest BCUT2D eigenvalue weighted by atomic mass is 19.1. The van der Waals surface area contributed by atoms with Crippen LogP contribution in [0.3, 0.4) is 0 Å². The van der Waals surface area contributed by atoms with Crippen molar-refractivity contribution in [1.82, 2.24) is 15.1 Å². The fourth-order valence-electron chi connectivity index (χ4n) is 4.86. The largest absolute Gasteiger partial charge is 0.497 e. The standard InChI is InChI=1S/C29H40FN5O2/c1-5-27-22-8-9-25(36-4)19-23(18-22)29(33-32-27)31-24-11-14-35(15-12-24)20-21-7-10-28(26(30)17-21)37-16-6-13-34(2)3/h7-10,17,19,24H,5-6,11-16,18,20H2,1-4H3,(H,31,33). The molecule has 1 N–H and O–H groups in total. The normalized spacial score (nSPS) is 18.7. The summed E-state index contributed by atoms with van der Waals surface area (Å²) in [5.74, 6) is 1.71. The van der Waals surface area contributed by atoms with Gasteiger partial charge in [0, 0.05) is 44.2 Å². The van der Waals surface area contributed by atoms with E-state index in [2.05, 4.69) is 44.4 Å². The van der Waals surface area contributed by atoms with E-state index in [0.29, 0.717) is 18.4 Å². The molecular formula is C29H40FN5O2. The molecule has 200 valence electrons. The number of hydrogen-bond acceptors (Lipinski definition) is 7. The monoisotopic (exact) mass is 509 g/mol. The molecule has 8 heteroatoms. The average molecular weight is 510 g/mol. The van der Waals surface area contributed by atoms with E-state index in [1.165, 1.54) is 5.57 Å². The highest BCUT2D eigenvalue weighted by Crippen LogP contribution is 2.31. The first-order valence-corrected chi connectivity index (χ1v) is 13.3. The van der Waals surface area contributed by atoms with Crippen LogP contribution >= 0.6 is 0 Å². The number of azo groups is 1. The molecule has 0 atom stereocenters. The van der Waals surface area contributed by atoms with Crippen molar-refractivity contribution in [2.45, 2.75) is 51.6 Å². The molecule has 0 spiro atoms. The maximum atomic E-state index is 14.6. The van der Waals surface area contributed by atoms with Gasteiger partial charge in [0.15, 0.2) is 17.4 Å². The number of rotatable bonds is 11. The minimum absolute atomic E-state index is 0.285. The first kappa shape index (κ1) is 27.1. The van der Waals surface area contributed by atoms with Gasteiger partial charge in [0.05, 0.1) is 19.4 Å². The molecule has 3 aliphatic rings. The molecule has 0 radical (unpaired) electrons. The van der Waals surface area contributed by atoms with E-state index in [-0.39, 0.29) is 5.82 Å². The number of methoxy groups -OCH3 is 1. The number of likely N-dealkylation sites (tertiary alicyclic amines) is 1. The lowest BCUT2D eigenvalue weighted by Gasteiger charge is -2.33. The topological polar surface area (TPSA) is 61.7 Å². The van der Waals surface area contributed by atoms with Crippen LogP contribution in [0, 0.1) is 5.82 Å². The summed E-state index contributed by atoms with van der Waals surface area (Å²) in [6.45, 7) is 6.15. The van der Waals surface area contributed by atoms with Crippen molar-refractivity contribution in [3.05, 3.63) is 76.2 Å². The second-order valence-electron chi connectivity index (χ2n) is 10.1. The summed E-state index contributed by atoms with van der Waals surface area (Å²) >= 11 is 0. The quantitative estimate of drug-likeness (QED) is 0.397. The van der Waals surface area contributed by atoms with Crippen molar-refractivity contribution in [2.24, 2.45) is 10.2 Å². The second kappa shape index (κ2) is 13.0. The number of nitrogens with zero attached hydrogens (tertiary/aromatic N) is 4. The molecule has 1 fully saturated rings. The predicted octanol–water partition coefficient (Wildman–Crippen LogP) is 5.54. The first-order chi connectivity index (χ1) is 17.9. The number of halogens is 1. The smallest absolute Gasteiger partial charge is 0.165 e. The summed E-state index contributed by atoms with van der Waals surface area (Å²) in [7, 11) is 5.73. The lowest BCUT2D eigenvalue weighted by Crippen LogP contribution is -2.41. The zero-order chi connectivity index (χ0) is 26.2. The third-order valence-corrected chi connectivity index (χ3v) is 7.00. The Kier molecular flexibility index (Phi) is 9.52. The lowest BCUT2D eigenvalue weighted by molar-refractivity contribution is 0.194. The van der Waals surface area contributed by atoms with Crippen LogP contribution in [0.2, 0.25) is 0 Å². The molecule has 1 saturated heterocycles. The molecule has 2 aliphatic heterocycles. The van der Waals surface area contributed by atoms with E-state index >= 15 is 0 Å². The fourth-order valence-corrected chi connectivity index (χ4v) is 4.86. The van der Waals surface area contributed by atoms with Crippen LogP contribution in [0.4, 0.5) is 4.39 Å². The Labute approximate surface area is 220 Å². The molecule has 0 saturated carbocycles. The first-order valence-electron chi connectivity index (χ1n) is 13.3. The van der Waals surface area contributed by atoms with Crippen LogP contribution in [-0.4, -0.2) is 63.3 Å². The second-order valence-corrected chi connectivity index (χ2v) is 10.1. The van der Waals surface area contributed by atoms with Crippen molar-refractivity contribution in [3.63, 3.8) is 0 Å². The molecule has 0 amide bonds. The molecule has 2 bridgehead atoms. The molecule has 0 aromatic heterocycles. The zero-order valence-corrected chi connectivity index (χ0v) is 22.6. The average Bonchev–Trinajstić information content (AvgIpc) is 3.20. The number of ether oxygens (including phenoxy) is 2. The lowest BCUT2D eigenvalue weighted by atomic mass is 10.0. The number of benzene rings is 1. The number of nitrogens with one attached hydrogen (secondary N) is 1. The van der Waals surface area contributed by atoms with Gasteiger partial charge in [0.2, 0.25) is 0 Å². The van der Waals surface area contributed by atoms with Gasteiger partial charge >= 0.3 is 0 Å². The summed E-state index contributed by atoms with van der Waals surface area (Å²) in [5.41, 5.74) is 4.28. The Balaban J connectivity index is 1.31. The molecular weight excluding hydrogens is 469 g/mol. The van der Waals surface area contributed by atoms with Gasteiger partial charge in [0.1, 0.15) is 5.76 Å².